The number of carbonyl (C=O) groups is 1. The van der Waals surface area contributed by atoms with Crippen LogP contribution in [-0.2, 0) is 0 Å². The monoisotopic (exact) mass is 270 g/mol. The molecule has 1 aromatic heterocycles. The van der Waals surface area contributed by atoms with E-state index in [-0.39, 0.29) is 16.6 Å². The van der Waals surface area contributed by atoms with Crippen molar-refractivity contribution in [3.8, 4) is 0 Å². The first-order valence-electron chi connectivity index (χ1n) is 6.22. The van der Waals surface area contributed by atoms with Gasteiger partial charge in [0.2, 0.25) is 0 Å². The van der Waals surface area contributed by atoms with Crippen LogP contribution in [0.2, 0.25) is 5.15 Å². The SMILES string of the molecule is CCCC1CCN(C(=O)c2cc(F)cnc2Cl)C1. The highest BCUT2D eigenvalue weighted by molar-refractivity contribution is 6.32. The number of carbonyl (C=O) groups excluding carboxylic acids is 1. The molecule has 0 saturated carbocycles. The van der Waals surface area contributed by atoms with E-state index in [0.29, 0.717) is 5.92 Å². The topological polar surface area (TPSA) is 33.2 Å². The summed E-state index contributed by atoms with van der Waals surface area (Å²) in [4.78, 5) is 17.6. The minimum atomic E-state index is -0.535. The fourth-order valence-corrected chi connectivity index (χ4v) is 2.59. The molecule has 0 N–H and O–H groups in total. The summed E-state index contributed by atoms with van der Waals surface area (Å²) >= 11 is 5.84. The molecule has 0 aromatic carbocycles. The third-order valence-corrected chi connectivity index (χ3v) is 3.61. The average Bonchev–Trinajstić information content (AvgIpc) is 2.80. The van der Waals surface area contributed by atoms with Crippen molar-refractivity contribution < 1.29 is 9.18 Å². The smallest absolute Gasteiger partial charge is 0.257 e. The van der Waals surface area contributed by atoms with Crippen LogP contribution in [0.5, 0.6) is 0 Å². The molecule has 2 rings (SSSR count). The molecule has 0 radical (unpaired) electrons. The molecule has 1 unspecified atom stereocenters. The Balaban J connectivity index is 2.10. The van der Waals surface area contributed by atoms with Crippen LogP contribution in [0.25, 0.3) is 0 Å². The molecule has 1 aliphatic heterocycles. The molecule has 0 aliphatic carbocycles. The molecule has 1 atom stereocenters. The largest absolute Gasteiger partial charge is 0.338 e. The van der Waals surface area contributed by atoms with Crippen molar-refractivity contribution in [2.24, 2.45) is 5.92 Å². The van der Waals surface area contributed by atoms with Crippen molar-refractivity contribution in [3.63, 3.8) is 0 Å². The third-order valence-electron chi connectivity index (χ3n) is 3.31. The first kappa shape index (κ1) is 13.3. The average molecular weight is 271 g/mol. The Morgan fingerprint density at radius 3 is 3.17 bits per heavy atom. The van der Waals surface area contributed by atoms with Crippen LogP contribution >= 0.6 is 11.6 Å². The zero-order valence-electron chi connectivity index (χ0n) is 10.3. The van der Waals surface area contributed by atoms with Gasteiger partial charge in [0.25, 0.3) is 5.91 Å². The van der Waals surface area contributed by atoms with Gasteiger partial charge in [0, 0.05) is 13.1 Å². The zero-order valence-corrected chi connectivity index (χ0v) is 11.1. The minimum Gasteiger partial charge on any atom is -0.338 e. The van der Waals surface area contributed by atoms with E-state index < -0.39 is 5.82 Å². The highest BCUT2D eigenvalue weighted by Gasteiger charge is 2.27. The maximum absolute atomic E-state index is 13.1. The molecule has 1 saturated heterocycles. The lowest BCUT2D eigenvalue weighted by Gasteiger charge is -2.17. The van der Waals surface area contributed by atoms with E-state index in [9.17, 15) is 9.18 Å². The van der Waals surface area contributed by atoms with E-state index >= 15 is 0 Å². The van der Waals surface area contributed by atoms with E-state index in [1.54, 1.807) is 4.90 Å². The fraction of sp³-hybridized carbons (Fsp3) is 0.538. The van der Waals surface area contributed by atoms with Gasteiger partial charge in [-0.2, -0.15) is 0 Å². The van der Waals surface area contributed by atoms with Crippen LogP contribution in [0.4, 0.5) is 4.39 Å². The van der Waals surface area contributed by atoms with Gasteiger partial charge in [-0.05, 0) is 24.8 Å². The number of hydrogen-bond acceptors (Lipinski definition) is 2. The Morgan fingerprint density at radius 2 is 2.44 bits per heavy atom. The number of likely N-dealkylation sites (tertiary alicyclic amines) is 1. The van der Waals surface area contributed by atoms with Crippen molar-refractivity contribution >= 4 is 17.5 Å². The minimum absolute atomic E-state index is 0.0698. The predicted molar refractivity (Wildman–Crippen MR) is 68.1 cm³/mol. The van der Waals surface area contributed by atoms with Crippen molar-refractivity contribution in [2.75, 3.05) is 13.1 Å². The molecule has 0 bridgehead atoms. The summed E-state index contributed by atoms with van der Waals surface area (Å²) in [6, 6.07) is 1.16. The lowest BCUT2D eigenvalue weighted by atomic mass is 10.0. The number of rotatable bonds is 3. The molecule has 1 amide bonds. The first-order valence-corrected chi connectivity index (χ1v) is 6.60. The number of pyridine rings is 1. The second kappa shape index (κ2) is 5.65. The lowest BCUT2D eigenvalue weighted by molar-refractivity contribution is 0.0785. The summed E-state index contributed by atoms with van der Waals surface area (Å²) in [7, 11) is 0. The molecule has 98 valence electrons. The first-order chi connectivity index (χ1) is 8.61. The van der Waals surface area contributed by atoms with E-state index in [2.05, 4.69) is 11.9 Å². The number of halogens is 2. The van der Waals surface area contributed by atoms with Gasteiger partial charge in [0.05, 0.1) is 11.8 Å². The number of hydrogen-bond donors (Lipinski definition) is 0. The Bertz CT molecular complexity index is 453. The Hall–Kier alpha value is -1.16. The van der Waals surface area contributed by atoms with Gasteiger partial charge in [-0.15, -0.1) is 0 Å². The van der Waals surface area contributed by atoms with Gasteiger partial charge < -0.3 is 4.90 Å². The maximum Gasteiger partial charge on any atom is 0.257 e. The number of aromatic nitrogens is 1. The Morgan fingerprint density at radius 1 is 1.67 bits per heavy atom. The van der Waals surface area contributed by atoms with Crippen LogP contribution < -0.4 is 0 Å². The maximum atomic E-state index is 13.1. The van der Waals surface area contributed by atoms with Crippen LogP contribution in [0.1, 0.15) is 36.5 Å². The normalized spacial score (nSPS) is 19.3. The van der Waals surface area contributed by atoms with E-state index in [4.69, 9.17) is 11.6 Å². The molecular formula is C13H16ClFN2O. The molecule has 2 heterocycles. The Labute approximate surface area is 111 Å². The van der Waals surface area contributed by atoms with E-state index in [0.717, 1.165) is 44.6 Å². The quantitative estimate of drug-likeness (QED) is 0.791. The van der Waals surface area contributed by atoms with Gasteiger partial charge in [-0.25, -0.2) is 9.37 Å². The third kappa shape index (κ3) is 2.80. The lowest BCUT2D eigenvalue weighted by Crippen LogP contribution is -2.29. The van der Waals surface area contributed by atoms with E-state index in [1.807, 2.05) is 0 Å². The molecule has 1 aromatic rings. The van der Waals surface area contributed by atoms with Crippen molar-refractivity contribution in [1.82, 2.24) is 9.88 Å². The van der Waals surface area contributed by atoms with Crippen LogP contribution in [0, 0.1) is 11.7 Å². The van der Waals surface area contributed by atoms with Crippen LogP contribution in [0.15, 0.2) is 12.3 Å². The summed E-state index contributed by atoms with van der Waals surface area (Å²) in [5, 5.41) is 0.0698. The second-order valence-electron chi connectivity index (χ2n) is 4.69. The molecular weight excluding hydrogens is 255 g/mol. The van der Waals surface area contributed by atoms with Gasteiger partial charge >= 0.3 is 0 Å². The van der Waals surface area contributed by atoms with Gasteiger partial charge in [-0.1, -0.05) is 24.9 Å². The van der Waals surface area contributed by atoms with Crippen molar-refractivity contribution in [3.05, 3.63) is 28.8 Å². The molecule has 1 aliphatic rings. The van der Waals surface area contributed by atoms with Crippen molar-refractivity contribution in [1.29, 1.82) is 0 Å². The summed E-state index contributed by atoms with van der Waals surface area (Å²) < 4.78 is 13.1. The zero-order chi connectivity index (χ0) is 13.1. The van der Waals surface area contributed by atoms with Gasteiger partial charge in [0.1, 0.15) is 11.0 Å². The number of amides is 1. The highest BCUT2D eigenvalue weighted by atomic mass is 35.5. The van der Waals surface area contributed by atoms with Crippen LogP contribution in [-0.4, -0.2) is 28.9 Å². The van der Waals surface area contributed by atoms with Crippen molar-refractivity contribution in [2.45, 2.75) is 26.2 Å². The fourth-order valence-electron chi connectivity index (χ4n) is 2.40. The molecule has 18 heavy (non-hydrogen) atoms. The summed E-state index contributed by atoms with van der Waals surface area (Å²) in [5.41, 5.74) is 0.161. The number of nitrogens with zero attached hydrogens (tertiary/aromatic N) is 2. The molecule has 3 nitrogen and oxygen atoms in total. The molecule has 5 heteroatoms. The standard InChI is InChI=1S/C13H16ClFN2O/c1-2-3-9-4-5-17(8-9)13(18)11-6-10(15)7-16-12(11)14/h6-7,9H,2-5,8H2,1H3. The summed E-state index contributed by atoms with van der Waals surface area (Å²) in [6.45, 7) is 3.59. The van der Waals surface area contributed by atoms with Gasteiger partial charge in [-0.3, -0.25) is 4.79 Å². The second-order valence-corrected chi connectivity index (χ2v) is 5.04. The predicted octanol–water partition coefficient (Wildman–Crippen LogP) is 3.14. The summed E-state index contributed by atoms with van der Waals surface area (Å²) in [5.74, 6) is -0.197. The molecule has 1 fully saturated rings. The summed E-state index contributed by atoms with van der Waals surface area (Å²) in [6.07, 6.45) is 4.27. The highest BCUT2D eigenvalue weighted by Crippen LogP contribution is 2.24. The van der Waals surface area contributed by atoms with E-state index in [1.165, 1.54) is 0 Å². The Kier molecular flexibility index (Phi) is 4.17. The molecule has 0 spiro atoms. The van der Waals surface area contributed by atoms with Gasteiger partial charge in [0.15, 0.2) is 0 Å². The van der Waals surface area contributed by atoms with Crippen LogP contribution in [0.3, 0.4) is 0 Å².